The monoisotopic (exact) mass is 463 g/mol. The van der Waals surface area contributed by atoms with E-state index in [4.69, 9.17) is 21.1 Å². The molecule has 0 spiro atoms. The van der Waals surface area contributed by atoms with Gasteiger partial charge in [0.15, 0.2) is 5.49 Å². The van der Waals surface area contributed by atoms with Gasteiger partial charge in [0, 0.05) is 35.9 Å². The number of amides is 1. The summed E-state index contributed by atoms with van der Waals surface area (Å²) in [4.78, 5) is 17.7. The van der Waals surface area contributed by atoms with Crippen molar-refractivity contribution in [2.75, 3.05) is 13.2 Å². The van der Waals surface area contributed by atoms with Crippen LogP contribution in [-0.4, -0.2) is 45.3 Å². The summed E-state index contributed by atoms with van der Waals surface area (Å²) in [6.07, 6.45) is 2.12. The molecule has 32 heavy (non-hydrogen) atoms. The molecule has 1 aromatic heterocycles. The van der Waals surface area contributed by atoms with Crippen LogP contribution in [0.15, 0.2) is 29.3 Å². The van der Waals surface area contributed by atoms with Gasteiger partial charge in [-0.1, -0.05) is 32.4 Å². The molecule has 1 N–H and O–H groups in total. The van der Waals surface area contributed by atoms with Crippen molar-refractivity contribution < 1.29 is 19.4 Å². The number of benzene rings is 1. The summed E-state index contributed by atoms with van der Waals surface area (Å²) >= 11 is 6.16. The number of ether oxygens (including phenoxy) is 2. The molecule has 1 aliphatic rings. The molecule has 0 radical (unpaired) electrons. The van der Waals surface area contributed by atoms with Crippen LogP contribution in [-0.2, 0) is 23.7 Å². The predicted octanol–water partition coefficient (Wildman–Crippen LogP) is 3.85. The molecule has 1 aliphatic heterocycles. The van der Waals surface area contributed by atoms with Crippen molar-refractivity contribution in [1.82, 2.24) is 9.36 Å². The first-order chi connectivity index (χ1) is 14.8. The normalized spacial score (nSPS) is 17.8. The number of carbonyl (C=O) groups excluding carboxylic acids is 1. The van der Waals surface area contributed by atoms with Crippen LogP contribution in [0, 0.1) is 0 Å². The lowest BCUT2D eigenvalue weighted by molar-refractivity contribution is 0.0281. The maximum Gasteiger partial charge on any atom is 0.282 e. The summed E-state index contributed by atoms with van der Waals surface area (Å²) in [5.74, 6) is -0.117. The number of aromatic nitrogens is 2. The van der Waals surface area contributed by atoms with Gasteiger partial charge in [0.1, 0.15) is 12.4 Å². The van der Waals surface area contributed by atoms with E-state index in [1.54, 1.807) is 32.0 Å². The van der Waals surface area contributed by atoms with Gasteiger partial charge in [0.25, 0.3) is 5.91 Å². The molecule has 1 atom stereocenters. The van der Waals surface area contributed by atoms with Crippen LogP contribution < -0.4 is 10.2 Å². The fourth-order valence-corrected chi connectivity index (χ4v) is 3.95. The Labute approximate surface area is 194 Å². The highest BCUT2D eigenvalue weighted by Crippen LogP contribution is 2.25. The molecule has 0 unspecified atom stereocenters. The van der Waals surface area contributed by atoms with E-state index in [1.807, 2.05) is 17.8 Å². The highest BCUT2D eigenvalue weighted by molar-refractivity contribution is 6.31. The number of rotatable bonds is 6. The lowest BCUT2D eigenvalue weighted by atomic mass is 9.92. The van der Waals surface area contributed by atoms with Crippen molar-refractivity contribution in [2.24, 2.45) is 12.0 Å². The number of aliphatic hydroxyl groups is 1. The lowest BCUT2D eigenvalue weighted by Gasteiger charge is -2.21. The SMILES string of the molecule is Cn1c(C(C)(C)C)c/c(=N\C(=O)c2cc(Cl)ccc2OCC(C)(C)O)n1C[C@H]1CCCO1. The molecule has 0 aliphatic carbocycles. The Kier molecular flexibility index (Phi) is 7.22. The molecule has 1 saturated heterocycles. The van der Waals surface area contributed by atoms with Gasteiger partial charge in [-0.25, -0.2) is 0 Å². The predicted molar refractivity (Wildman–Crippen MR) is 124 cm³/mol. The van der Waals surface area contributed by atoms with Crippen molar-refractivity contribution in [3.63, 3.8) is 0 Å². The van der Waals surface area contributed by atoms with Gasteiger partial charge in [-0.2, -0.15) is 4.99 Å². The van der Waals surface area contributed by atoms with Crippen LogP contribution in [0.1, 0.15) is 63.5 Å². The zero-order valence-electron chi connectivity index (χ0n) is 19.8. The molecule has 7 nitrogen and oxygen atoms in total. The number of carbonyl (C=O) groups is 1. The van der Waals surface area contributed by atoms with E-state index in [0.29, 0.717) is 22.8 Å². The van der Waals surface area contributed by atoms with E-state index in [-0.39, 0.29) is 23.7 Å². The molecule has 1 fully saturated rings. The van der Waals surface area contributed by atoms with E-state index in [0.717, 1.165) is 25.1 Å². The molecular weight excluding hydrogens is 430 g/mol. The zero-order chi connectivity index (χ0) is 23.7. The second kappa shape index (κ2) is 9.41. The van der Waals surface area contributed by atoms with Crippen LogP contribution in [0.5, 0.6) is 5.75 Å². The first-order valence-electron chi connectivity index (χ1n) is 11.0. The Bertz CT molecular complexity index is 1030. The highest BCUT2D eigenvalue weighted by Gasteiger charge is 2.24. The molecule has 8 heteroatoms. The quantitative estimate of drug-likeness (QED) is 0.705. The molecule has 1 aromatic carbocycles. The second-order valence-corrected chi connectivity index (χ2v) is 10.5. The molecular formula is C24H34ClN3O4. The van der Waals surface area contributed by atoms with Crippen LogP contribution in [0.2, 0.25) is 5.02 Å². The standard InChI is InChI=1S/C24H34ClN3O4/c1-23(2,3)20-13-21(28(27(20)6)14-17-8-7-11-31-17)26-22(29)18-12-16(25)9-10-19(18)32-15-24(4,5)30/h9-10,12-13,17,30H,7-8,11,14-15H2,1-6H3/b26-21+/t17-/m1/s1. The Morgan fingerprint density at radius 1 is 1.28 bits per heavy atom. The Morgan fingerprint density at radius 2 is 2.00 bits per heavy atom. The average molecular weight is 464 g/mol. The molecule has 1 amide bonds. The average Bonchev–Trinajstić information content (AvgIpc) is 3.29. The molecule has 0 saturated carbocycles. The minimum absolute atomic E-state index is 0.0352. The minimum atomic E-state index is -1.04. The molecule has 2 aromatic rings. The number of halogens is 1. The molecule has 176 valence electrons. The van der Waals surface area contributed by atoms with Crippen LogP contribution in [0.3, 0.4) is 0 Å². The number of hydrogen-bond donors (Lipinski definition) is 1. The van der Waals surface area contributed by atoms with Crippen molar-refractivity contribution >= 4 is 17.5 Å². The van der Waals surface area contributed by atoms with Crippen molar-refractivity contribution in [3.05, 3.63) is 46.0 Å². The van der Waals surface area contributed by atoms with Gasteiger partial charge in [-0.15, -0.1) is 0 Å². The van der Waals surface area contributed by atoms with E-state index in [2.05, 4.69) is 30.4 Å². The Morgan fingerprint density at radius 3 is 2.59 bits per heavy atom. The van der Waals surface area contributed by atoms with Crippen LogP contribution in [0.25, 0.3) is 0 Å². The second-order valence-electron chi connectivity index (χ2n) is 10.0. The molecule has 0 bridgehead atoms. The van der Waals surface area contributed by atoms with E-state index in [9.17, 15) is 9.90 Å². The van der Waals surface area contributed by atoms with Gasteiger partial charge in [-0.05, 0) is 44.9 Å². The third kappa shape index (κ3) is 6.03. The fourth-order valence-electron chi connectivity index (χ4n) is 3.78. The largest absolute Gasteiger partial charge is 0.490 e. The van der Waals surface area contributed by atoms with E-state index in [1.165, 1.54) is 0 Å². The Hall–Kier alpha value is -2.09. The van der Waals surface area contributed by atoms with Crippen LogP contribution in [0.4, 0.5) is 0 Å². The lowest BCUT2D eigenvalue weighted by Crippen LogP contribution is -2.30. The third-order valence-corrected chi connectivity index (χ3v) is 5.61. The molecule has 3 rings (SSSR count). The van der Waals surface area contributed by atoms with E-state index >= 15 is 0 Å². The first-order valence-corrected chi connectivity index (χ1v) is 11.4. The van der Waals surface area contributed by atoms with Crippen LogP contribution >= 0.6 is 11.6 Å². The van der Waals surface area contributed by atoms with Gasteiger partial charge in [-0.3, -0.25) is 14.2 Å². The maximum atomic E-state index is 13.2. The van der Waals surface area contributed by atoms with Crippen molar-refractivity contribution in [2.45, 2.75) is 71.1 Å². The Balaban J connectivity index is 2.03. The molecule has 2 heterocycles. The third-order valence-electron chi connectivity index (χ3n) is 5.38. The first kappa shape index (κ1) is 24.6. The smallest absolute Gasteiger partial charge is 0.282 e. The van der Waals surface area contributed by atoms with Gasteiger partial charge in [0.05, 0.1) is 23.8 Å². The fraction of sp³-hybridized carbons (Fsp3) is 0.583. The zero-order valence-corrected chi connectivity index (χ0v) is 20.6. The van der Waals surface area contributed by atoms with Gasteiger partial charge in [0.2, 0.25) is 0 Å². The topological polar surface area (TPSA) is 78.0 Å². The summed E-state index contributed by atoms with van der Waals surface area (Å²) < 4.78 is 15.6. The van der Waals surface area contributed by atoms with Gasteiger partial charge < -0.3 is 14.6 Å². The number of nitrogens with zero attached hydrogens (tertiary/aromatic N) is 3. The van der Waals surface area contributed by atoms with Crippen molar-refractivity contribution in [3.8, 4) is 5.75 Å². The summed E-state index contributed by atoms with van der Waals surface area (Å²) in [6, 6.07) is 6.78. The van der Waals surface area contributed by atoms with E-state index < -0.39 is 11.5 Å². The summed E-state index contributed by atoms with van der Waals surface area (Å²) in [5, 5.41) is 10.4. The summed E-state index contributed by atoms with van der Waals surface area (Å²) in [6.45, 7) is 11.1. The number of hydrogen-bond acceptors (Lipinski definition) is 4. The minimum Gasteiger partial charge on any atom is -0.490 e. The summed E-state index contributed by atoms with van der Waals surface area (Å²) in [7, 11) is 1.98. The van der Waals surface area contributed by atoms with Gasteiger partial charge >= 0.3 is 0 Å². The van der Waals surface area contributed by atoms with Crippen molar-refractivity contribution in [1.29, 1.82) is 0 Å². The highest BCUT2D eigenvalue weighted by atomic mass is 35.5. The maximum absolute atomic E-state index is 13.2. The summed E-state index contributed by atoms with van der Waals surface area (Å²) in [5.41, 5.74) is 0.716.